The minimum atomic E-state index is -0.404. The Hall–Kier alpha value is -3.19. The van der Waals surface area contributed by atoms with Crippen LogP contribution >= 0.6 is 15.9 Å². The second-order valence-electron chi connectivity index (χ2n) is 6.47. The maximum absolute atomic E-state index is 11.6. The quantitative estimate of drug-likeness (QED) is 0.178. The van der Waals surface area contributed by atoms with E-state index in [1.807, 2.05) is 41.8 Å². The highest BCUT2D eigenvalue weighted by molar-refractivity contribution is 9.10. The summed E-state index contributed by atoms with van der Waals surface area (Å²) in [6.07, 6.45) is 0. The largest absolute Gasteiger partial charge is 0.426 e. The molecule has 0 saturated carbocycles. The number of nitro groups is 1. The third kappa shape index (κ3) is 2.93. The molecule has 0 bridgehead atoms. The molecule has 0 radical (unpaired) electrons. The van der Waals surface area contributed by atoms with Gasteiger partial charge in [-0.15, -0.1) is 0 Å². The lowest BCUT2D eigenvalue weighted by molar-refractivity contribution is -0.384. The van der Waals surface area contributed by atoms with E-state index in [1.54, 1.807) is 18.2 Å². The van der Waals surface area contributed by atoms with Gasteiger partial charge in [0.05, 0.1) is 21.3 Å². The van der Waals surface area contributed by atoms with Gasteiger partial charge in [0, 0.05) is 34.6 Å². The number of nitro benzene ring substituents is 1. The van der Waals surface area contributed by atoms with Crippen LogP contribution in [0.2, 0.25) is 0 Å². The Balaban J connectivity index is 2.11. The highest BCUT2D eigenvalue weighted by Crippen LogP contribution is 2.39. The van der Waals surface area contributed by atoms with E-state index in [2.05, 4.69) is 15.9 Å². The lowest BCUT2D eigenvalue weighted by atomic mass is 10.1. The Morgan fingerprint density at radius 3 is 2.57 bits per heavy atom. The molecule has 0 amide bonds. The zero-order valence-electron chi connectivity index (χ0n) is 15.1. The van der Waals surface area contributed by atoms with E-state index >= 15 is 0 Å². The topological polar surface area (TPSA) is 74.4 Å². The molecule has 0 atom stereocenters. The number of benzene rings is 3. The second kappa shape index (κ2) is 6.76. The minimum Gasteiger partial charge on any atom is -0.426 e. The van der Waals surface area contributed by atoms with E-state index in [0.717, 1.165) is 37.5 Å². The number of esters is 1. The monoisotopic (exact) mass is 438 g/mol. The number of aromatic nitrogens is 1. The normalized spacial score (nSPS) is 11.1. The van der Waals surface area contributed by atoms with Crippen molar-refractivity contribution in [3.63, 3.8) is 0 Å². The van der Waals surface area contributed by atoms with Crippen molar-refractivity contribution in [1.82, 2.24) is 4.57 Å². The second-order valence-corrected chi connectivity index (χ2v) is 7.38. The van der Waals surface area contributed by atoms with Crippen LogP contribution < -0.4 is 4.74 Å². The Morgan fingerprint density at radius 2 is 1.89 bits per heavy atom. The molecule has 0 spiro atoms. The fourth-order valence-electron chi connectivity index (χ4n) is 3.51. The smallest absolute Gasteiger partial charge is 0.308 e. The zero-order chi connectivity index (χ0) is 20.0. The van der Waals surface area contributed by atoms with Crippen LogP contribution in [0.1, 0.15) is 12.5 Å². The van der Waals surface area contributed by atoms with Gasteiger partial charge in [-0.2, -0.15) is 0 Å². The standard InChI is InChI=1S/C21H15BrN2O4/c1-12-10-15(24(26)27)7-9-17(12)23-18-8-6-14(22)11-16(18)21-19(23)4-3-5-20(21)28-13(2)25/h3-11H,1-2H3. The van der Waals surface area contributed by atoms with Crippen LogP contribution in [0.25, 0.3) is 27.5 Å². The molecule has 0 fully saturated rings. The predicted molar refractivity (Wildman–Crippen MR) is 111 cm³/mol. The minimum absolute atomic E-state index is 0.0466. The third-order valence-electron chi connectivity index (χ3n) is 4.60. The van der Waals surface area contributed by atoms with Gasteiger partial charge in [0.15, 0.2) is 0 Å². The van der Waals surface area contributed by atoms with Gasteiger partial charge in [0.1, 0.15) is 5.75 Å². The van der Waals surface area contributed by atoms with Crippen LogP contribution in [-0.2, 0) is 4.79 Å². The summed E-state index contributed by atoms with van der Waals surface area (Å²) in [6.45, 7) is 3.21. The molecule has 28 heavy (non-hydrogen) atoms. The fourth-order valence-corrected chi connectivity index (χ4v) is 3.87. The van der Waals surface area contributed by atoms with Crippen LogP contribution in [-0.4, -0.2) is 15.5 Å². The Labute approximate surface area is 168 Å². The highest BCUT2D eigenvalue weighted by Gasteiger charge is 2.19. The predicted octanol–water partition coefficient (Wildman–Crippen LogP) is 5.69. The van der Waals surface area contributed by atoms with Gasteiger partial charge in [0.2, 0.25) is 0 Å². The number of ether oxygens (including phenoxy) is 1. The summed E-state index contributed by atoms with van der Waals surface area (Å²) in [7, 11) is 0. The number of hydrogen-bond donors (Lipinski definition) is 0. The molecule has 0 aliphatic carbocycles. The van der Waals surface area contributed by atoms with Crippen molar-refractivity contribution in [3.8, 4) is 11.4 Å². The number of aryl methyl sites for hydroxylation is 1. The molecule has 0 N–H and O–H groups in total. The van der Waals surface area contributed by atoms with E-state index in [-0.39, 0.29) is 5.69 Å². The van der Waals surface area contributed by atoms with E-state index in [9.17, 15) is 14.9 Å². The zero-order valence-corrected chi connectivity index (χ0v) is 16.7. The molecule has 4 rings (SSSR count). The molecule has 140 valence electrons. The van der Waals surface area contributed by atoms with Gasteiger partial charge in [-0.25, -0.2) is 0 Å². The summed E-state index contributed by atoms with van der Waals surface area (Å²) < 4.78 is 8.38. The van der Waals surface area contributed by atoms with Gasteiger partial charge < -0.3 is 9.30 Å². The van der Waals surface area contributed by atoms with Crippen molar-refractivity contribution < 1.29 is 14.5 Å². The van der Waals surface area contributed by atoms with Crippen LogP contribution in [0.5, 0.6) is 5.75 Å². The molecule has 6 nitrogen and oxygen atoms in total. The van der Waals surface area contributed by atoms with E-state index in [1.165, 1.54) is 13.0 Å². The SMILES string of the molecule is CC(=O)Oc1cccc2c1c1cc(Br)ccc1n2-c1ccc([N+](=O)[O-])cc1C. The number of non-ortho nitro benzene ring substituents is 1. The van der Waals surface area contributed by atoms with Crippen molar-refractivity contribution >= 4 is 49.4 Å². The third-order valence-corrected chi connectivity index (χ3v) is 5.09. The average Bonchev–Trinajstić information content (AvgIpc) is 2.95. The maximum atomic E-state index is 11.6. The number of rotatable bonds is 3. The highest BCUT2D eigenvalue weighted by atomic mass is 79.9. The number of carbonyl (C=O) groups excluding carboxylic acids is 1. The fraction of sp³-hybridized carbons (Fsp3) is 0.0952. The van der Waals surface area contributed by atoms with Gasteiger partial charge in [-0.05, 0) is 48.9 Å². The summed E-state index contributed by atoms with van der Waals surface area (Å²) in [5, 5.41) is 12.8. The molecular weight excluding hydrogens is 424 g/mol. The van der Waals surface area contributed by atoms with Crippen molar-refractivity contribution in [1.29, 1.82) is 0 Å². The molecule has 4 aromatic rings. The molecule has 0 aliphatic heterocycles. The number of halogens is 1. The van der Waals surface area contributed by atoms with Crippen molar-refractivity contribution in [3.05, 3.63) is 74.7 Å². The molecule has 1 heterocycles. The summed E-state index contributed by atoms with van der Waals surface area (Å²) in [5.74, 6) is 0.0846. The molecule has 3 aromatic carbocycles. The molecule has 0 saturated heterocycles. The lowest BCUT2D eigenvalue weighted by Crippen LogP contribution is -2.02. The van der Waals surface area contributed by atoms with Crippen molar-refractivity contribution in [2.75, 3.05) is 0 Å². The summed E-state index contributed by atoms with van der Waals surface area (Å²) >= 11 is 3.51. The Bertz CT molecular complexity index is 1280. The van der Waals surface area contributed by atoms with Crippen LogP contribution in [0.4, 0.5) is 5.69 Å². The van der Waals surface area contributed by atoms with Gasteiger partial charge in [-0.1, -0.05) is 22.0 Å². The molecular formula is C21H15BrN2O4. The van der Waals surface area contributed by atoms with Crippen LogP contribution in [0, 0.1) is 17.0 Å². The maximum Gasteiger partial charge on any atom is 0.308 e. The van der Waals surface area contributed by atoms with Gasteiger partial charge >= 0.3 is 5.97 Å². The number of fused-ring (bicyclic) bond motifs is 3. The van der Waals surface area contributed by atoms with E-state index in [0.29, 0.717) is 5.75 Å². The number of nitrogens with zero attached hydrogens (tertiary/aromatic N) is 2. The van der Waals surface area contributed by atoms with Crippen LogP contribution in [0.3, 0.4) is 0 Å². The van der Waals surface area contributed by atoms with E-state index < -0.39 is 10.9 Å². The Morgan fingerprint density at radius 1 is 1.11 bits per heavy atom. The summed E-state index contributed by atoms with van der Waals surface area (Å²) in [6, 6.07) is 16.2. The Kier molecular flexibility index (Phi) is 4.39. The average molecular weight is 439 g/mol. The molecule has 1 aromatic heterocycles. The van der Waals surface area contributed by atoms with E-state index in [4.69, 9.17) is 4.74 Å². The van der Waals surface area contributed by atoms with Crippen molar-refractivity contribution in [2.45, 2.75) is 13.8 Å². The first-order chi connectivity index (χ1) is 13.4. The van der Waals surface area contributed by atoms with Crippen LogP contribution in [0.15, 0.2) is 59.1 Å². The van der Waals surface area contributed by atoms with Gasteiger partial charge in [-0.3, -0.25) is 14.9 Å². The first-order valence-electron chi connectivity index (χ1n) is 8.53. The molecule has 0 aliphatic rings. The summed E-state index contributed by atoms with van der Waals surface area (Å²) in [4.78, 5) is 22.3. The number of carbonyl (C=O) groups is 1. The van der Waals surface area contributed by atoms with Crippen molar-refractivity contribution in [2.24, 2.45) is 0 Å². The first-order valence-corrected chi connectivity index (χ1v) is 9.32. The number of hydrogen-bond acceptors (Lipinski definition) is 4. The summed E-state index contributed by atoms with van der Waals surface area (Å²) in [5.41, 5.74) is 3.41. The molecule has 0 unspecified atom stereocenters. The van der Waals surface area contributed by atoms with Gasteiger partial charge in [0.25, 0.3) is 5.69 Å². The lowest BCUT2D eigenvalue weighted by Gasteiger charge is -2.11. The first kappa shape index (κ1) is 18.2. The molecule has 7 heteroatoms.